The van der Waals surface area contributed by atoms with Crippen molar-refractivity contribution >= 4 is 17.5 Å². The van der Waals surface area contributed by atoms with E-state index in [2.05, 4.69) is 26.1 Å². The Morgan fingerprint density at radius 2 is 1.71 bits per heavy atom. The largest absolute Gasteiger partial charge is 0.363 e. The van der Waals surface area contributed by atoms with Gasteiger partial charge in [0.05, 0.1) is 5.69 Å². The molecule has 1 saturated carbocycles. The average molecular weight is 384 g/mol. The third-order valence-electron chi connectivity index (χ3n) is 5.69. The van der Waals surface area contributed by atoms with Crippen LogP contribution in [0, 0.1) is 13.8 Å². The molecule has 1 amide bonds. The zero-order chi connectivity index (χ0) is 19.8. The number of amides is 1. The van der Waals surface area contributed by atoms with Crippen LogP contribution in [0.2, 0.25) is 0 Å². The number of carbonyl (C=O) groups is 1. The first-order chi connectivity index (χ1) is 13.5. The molecule has 0 aromatic carbocycles. The van der Waals surface area contributed by atoms with Crippen molar-refractivity contribution in [3.05, 3.63) is 29.4 Å². The number of hydrogen-bond donors (Lipinski definition) is 0. The summed E-state index contributed by atoms with van der Waals surface area (Å²) in [5, 5.41) is 3.92. The van der Waals surface area contributed by atoms with Crippen molar-refractivity contribution < 1.29 is 9.32 Å². The summed E-state index contributed by atoms with van der Waals surface area (Å²) < 4.78 is 5.17. The van der Waals surface area contributed by atoms with Crippen LogP contribution in [0.15, 0.2) is 16.9 Å². The van der Waals surface area contributed by atoms with E-state index < -0.39 is 0 Å². The molecular weight excluding hydrogens is 356 g/mol. The van der Waals surface area contributed by atoms with Gasteiger partial charge in [0.1, 0.15) is 29.3 Å². The summed E-state index contributed by atoms with van der Waals surface area (Å²) in [5.41, 5.74) is 1.28. The van der Waals surface area contributed by atoms with Crippen LogP contribution in [0.4, 0.5) is 11.6 Å². The predicted molar refractivity (Wildman–Crippen MR) is 107 cm³/mol. The molecule has 8 nitrogen and oxygen atoms in total. The van der Waals surface area contributed by atoms with Gasteiger partial charge in [0.15, 0.2) is 0 Å². The number of aromatic nitrogens is 3. The summed E-state index contributed by atoms with van der Waals surface area (Å²) in [6.45, 7) is 5.10. The molecule has 0 unspecified atom stereocenters. The predicted octanol–water partition coefficient (Wildman–Crippen LogP) is 2.42. The van der Waals surface area contributed by atoms with Gasteiger partial charge in [-0.3, -0.25) is 4.79 Å². The molecule has 0 bridgehead atoms. The van der Waals surface area contributed by atoms with Gasteiger partial charge in [-0.15, -0.1) is 0 Å². The minimum atomic E-state index is 0.0320. The Hall–Kier alpha value is -2.64. The van der Waals surface area contributed by atoms with E-state index in [4.69, 9.17) is 4.52 Å². The van der Waals surface area contributed by atoms with E-state index in [-0.39, 0.29) is 5.91 Å². The Morgan fingerprint density at radius 1 is 1.07 bits per heavy atom. The van der Waals surface area contributed by atoms with Gasteiger partial charge >= 0.3 is 0 Å². The van der Waals surface area contributed by atoms with E-state index in [0.29, 0.717) is 29.1 Å². The molecule has 3 heterocycles. The normalized spacial score (nSPS) is 17.6. The first kappa shape index (κ1) is 18.7. The summed E-state index contributed by atoms with van der Waals surface area (Å²) in [6, 6.07) is 3.02. The number of anilines is 2. The maximum Gasteiger partial charge on any atom is 0.259 e. The van der Waals surface area contributed by atoms with E-state index >= 15 is 0 Å². The fourth-order valence-corrected chi connectivity index (χ4v) is 4.04. The molecule has 0 N–H and O–H groups in total. The number of aryl methyl sites for hydroxylation is 2. The van der Waals surface area contributed by atoms with Crippen molar-refractivity contribution in [2.24, 2.45) is 0 Å². The fourth-order valence-electron chi connectivity index (χ4n) is 4.04. The van der Waals surface area contributed by atoms with Crippen molar-refractivity contribution in [3.63, 3.8) is 0 Å². The Balaban J connectivity index is 1.47. The number of likely N-dealkylation sites (tertiary alicyclic amines) is 1. The highest BCUT2D eigenvalue weighted by Crippen LogP contribution is 2.36. The quantitative estimate of drug-likeness (QED) is 0.783. The van der Waals surface area contributed by atoms with Crippen molar-refractivity contribution in [1.82, 2.24) is 20.0 Å². The van der Waals surface area contributed by atoms with E-state index in [1.54, 1.807) is 13.3 Å². The van der Waals surface area contributed by atoms with E-state index in [0.717, 1.165) is 37.6 Å². The molecule has 0 atom stereocenters. The fraction of sp³-hybridized carbons (Fsp3) is 0.600. The lowest BCUT2D eigenvalue weighted by Gasteiger charge is -2.39. The number of piperidine rings is 1. The van der Waals surface area contributed by atoms with Crippen molar-refractivity contribution in [1.29, 1.82) is 0 Å². The van der Waals surface area contributed by atoms with Crippen LogP contribution in [-0.2, 0) is 0 Å². The smallest absolute Gasteiger partial charge is 0.259 e. The molecule has 8 heteroatoms. The average Bonchev–Trinajstić information content (AvgIpc) is 3.46. The molecule has 2 aliphatic rings. The molecular formula is C20H28N6O2. The number of nitrogens with zero attached hydrogens (tertiary/aromatic N) is 6. The standard InChI is InChI=1S/C20H28N6O2/c1-13-19(14(2)28-23-13)20(27)25-9-7-16(8-10-25)26(15-5-6-15)18-11-17(24(3)4)21-12-22-18/h11-12,15-16H,5-10H2,1-4H3. The third kappa shape index (κ3) is 3.55. The molecule has 2 aromatic heterocycles. The minimum Gasteiger partial charge on any atom is -0.363 e. The van der Waals surface area contributed by atoms with Crippen LogP contribution < -0.4 is 9.80 Å². The summed E-state index contributed by atoms with van der Waals surface area (Å²) in [4.78, 5) is 28.2. The van der Waals surface area contributed by atoms with Crippen LogP contribution in [0.1, 0.15) is 47.5 Å². The van der Waals surface area contributed by atoms with Crippen molar-refractivity contribution in [2.45, 2.75) is 51.6 Å². The van der Waals surface area contributed by atoms with Crippen LogP contribution in [0.3, 0.4) is 0 Å². The first-order valence-electron chi connectivity index (χ1n) is 9.95. The van der Waals surface area contributed by atoms with Gasteiger partial charge in [-0.05, 0) is 39.5 Å². The third-order valence-corrected chi connectivity index (χ3v) is 5.69. The molecule has 0 spiro atoms. The van der Waals surface area contributed by atoms with Crippen LogP contribution >= 0.6 is 0 Å². The highest BCUT2D eigenvalue weighted by Gasteiger charge is 2.37. The minimum absolute atomic E-state index is 0.0320. The zero-order valence-corrected chi connectivity index (χ0v) is 17.1. The lowest BCUT2D eigenvalue weighted by atomic mass is 10.0. The van der Waals surface area contributed by atoms with Gasteiger partial charge in [0.25, 0.3) is 5.91 Å². The first-order valence-corrected chi connectivity index (χ1v) is 9.95. The molecule has 0 radical (unpaired) electrons. The van der Waals surface area contributed by atoms with Crippen LogP contribution in [0.5, 0.6) is 0 Å². The Morgan fingerprint density at radius 3 is 2.29 bits per heavy atom. The topological polar surface area (TPSA) is 78.6 Å². The Bertz CT molecular complexity index is 833. The van der Waals surface area contributed by atoms with Crippen LogP contribution in [0.25, 0.3) is 0 Å². The van der Waals surface area contributed by atoms with Gasteiger partial charge in [-0.2, -0.15) is 0 Å². The van der Waals surface area contributed by atoms with Gasteiger partial charge in [-0.1, -0.05) is 5.16 Å². The zero-order valence-electron chi connectivity index (χ0n) is 17.1. The Labute approximate surface area is 165 Å². The van der Waals surface area contributed by atoms with Gasteiger partial charge < -0.3 is 19.2 Å². The van der Waals surface area contributed by atoms with Gasteiger partial charge in [0, 0.05) is 45.3 Å². The maximum atomic E-state index is 12.9. The highest BCUT2D eigenvalue weighted by molar-refractivity contribution is 5.96. The van der Waals surface area contributed by atoms with Crippen LogP contribution in [-0.4, -0.2) is 65.2 Å². The lowest BCUT2D eigenvalue weighted by Crippen LogP contribution is -2.48. The van der Waals surface area contributed by atoms with Gasteiger partial charge in [-0.25, -0.2) is 9.97 Å². The molecule has 150 valence electrons. The second-order valence-corrected chi connectivity index (χ2v) is 7.99. The molecule has 1 saturated heterocycles. The highest BCUT2D eigenvalue weighted by atomic mass is 16.5. The second kappa shape index (κ2) is 7.41. The molecule has 28 heavy (non-hydrogen) atoms. The van der Waals surface area contributed by atoms with E-state index in [1.165, 1.54) is 12.8 Å². The summed E-state index contributed by atoms with van der Waals surface area (Å²) in [7, 11) is 3.98. The number of hydrogen-bond acceptors (Lipinski definition) is 7. The summed E-state index contributed by atoms with van der Waals surface area (Å²) in [5.74, 6) is 2.55. The maximum absolute atomic E-state index is 12.9. The summed E-state index contributed by atoms with van der Waals surface area (Å²) >= 11 is 0. The second-order valence-electron chi connectivity index (χ2n) is 7.99. The van der Waals surface area contributed by atoms with E-state index in [1.807, 2.05) is 30.8 Å². The Kier molecular flexibility index (Phi) is 4.95. The summed E-state index contributed by atoms with van der Waals surface area (Å²) in [6.07, 6.45) is 5.94. The monoisotopic (exact) mass is 384 g/mol. The molecule has 2 fully saturated rings. The number of rotatable bonds is 5. The molecule has 1 aliphatic heterocycles. The SMILES string of the molecule is Cc1noc(C)c1C(=O)N1CCC(N(c2cc(N(C)C)ncn2)C2CC2)CC1. The molecule has 2 aromatic rings. The van der Waals surface area contributed by atoms with Crippen molar-refractivity contribution in [2.75, 3.05) is 37.0 Å². The number of carbonyl (C=O) groups excluding carboxylic acids is 1. The molecule has 1 aliphatic carbocycles. The van der Waals surface area contributed by atoms with E-state index in [9.17, 15) is 4.79 Å². The molecule has 4 rings (SSSR count). The van der Waals surface area contributed by atoms with Gasteiger partial charge in [0.2, 0.25) is 0 Å². The lowest BCUT2D eigenvalue weighted by molar-refractivity contribution is 0.0709. The van der Waals surface area contributed by atoms with Crippen molar-refractivity contribution in [3.8, 4) is 0 Å².